The van der Waals surface area contributed by atoms with Crippen molar-refractivity contribution in [1.82, 2.24) is 10.3 Å². The first-order valence-electron chi connectivity index (χ1n) is 5.43. The summed E-state index contributed by atoms with van der Waals surface area (Å²) < 4.78 is 15.3. The molecule has 0 spiro atoms. The van der Waals surface area contributed by atoms with Gasteiger partial charge in [0.25, 0.3) is 0 Å². The molecule has 0 saturated carbocycles. The Balaban J connectivity index is 2.14. The van der Waals surface area contributed by atoms with Gasteiger partial charge in [0, 0.05) is 11.6 Å². The lowest BCUT2D eigenvalue weighted by Crippen LogP contribution is -2.01. The second-order valence-corrected chi connectivity index (χ2v) is 3.72. The minimum Gasteiger partial charge on any atom is -0.497 e. The van der Waals surface area contributed by atoms with Crippen molar-refractivity contribution in [3.05, 3.63) is 35.2 Å². The molecule has 2 rings (SSSR count). The van der Waals surface area contributed by atoms with Crippen LogP contribution in [0.2, 0.25) is 0 Å². The van der Waals surface area contributed by atoms with Crippen LogP contribution >= 0.6 is 0 Å². The smallest absolute Gasteiger partial charge is 0.145 e. The lowest BCUT2D eigenvalue weighted by atomic mass is 10.2. The van der Waals surface area contributed by atoms with Crippen LogP contribution < -0.4 is 9.47 Å². The van der Waals surface area contributed by atoms with Gasteiger partial charge >= 0.3 is 0 Å². The lowest BCUT2D eigenvalue weighted by molar-refractivity contribution is 0.249. The molecular weight excluding hydrogens is 236 g/mol. The van der Waals surface area contributed by atoms with Crippen LogP contribution in [0.5, 0.6) is 11.5 Å². The first-order valence-corrected chi connectivity index (χ1v) is 5.43. The van der Waals surface area contributed by atoms with Crippen molar-refractivity contribution in [3.63, 3.8) is 0 Å². The lowest BCUT2D eigenvalue weighted by Gasteiger charge is -2.10. The minimum atomic E-state index is -0.102. The van der Waals surface area contributed by atoms with Crippen LogP contribution in [0.25, 0.3) is 0 Å². The second kappa shape index (κ2) is 5.50. The maximum absolute atomic E-state index is 9.23. The zero-order valence-corrected chi connectivity index (χ0v) is 10.2. The molecule has 0 amide bonds. The maximum Gasteiger partial charge on any atom is 0.145 e. The molecule has 6 heteroatoms. The van der Waals surface area contributed by atoms with Crippen molar-refractivity contribution in [2.45, 2.75) is 20.1 Å². The molecule has 0 fully saturated rings. The van der Waals surface area contributed by atoms with E-state index < -0.39 is 0 Å². The maximum atomic E-state index is 9.23. The van der Waals surface area contributed by atoms with Gasteiger partial charge in [0.2, 0.25) is 0 Å². The van der Waals surface area contributed by atoms with Crippen molar-refractivity contribution in [3.8, 4) is 11.5 Å². The number of hydrogen-bond donors (Lipinski definition) is 1. The quantitative estimate of drug-likeness (QED) is 0.865. The van der Waals surface area contributed by atoms with E-state index in [1.165, 1.54) is 0 Å². The van der Waals surface area contributed by atoms with E-state index in [1.807, 2.05) is 0 Å². The molecule has 96 valence electrons. The molecule has 0 atom stereocenters. The largest absolute Gasteiger partial charge is 0.497 e. The van der Waals surface area contributed by atoms with Crippen molar-refractivity contribution < 1.29 is 19.2 Å². The summed E-state index contributed by atoms with van der Waals surface area (Å²) in [5.74, 6) is 1.22. The SMILES string of the molecule is COc1ccc(CO)c(OCc2nonc2C)c1. The van der Waals surface area contributed by atoms with E-state index in [0.717, 1.165) is 0 Å². The third-order valence-corrected chi connectivity index (χ3v) is 2.56. The highest BCUT2D eigenvalue weighted by Gasteiger charge is 2.09. The third-order valence-electron chi connectivity index (χ3n) is 2.56. The monoisotopic (exact) mass is 250 g/mol. The summed E-state index contributed by atoms with van der Waals surface area (Å²) in [6.45, 7) is 1.92. The first-order chi connectivity index (χ1) is 8.74. The number of ether oxygens (including phenoxy) is 2. The summed E-state index contributed by atoms with van der Waals surface area (Å²) in [5, 5.41) is 16.6. The average Bonchev–Trinajstić information content (AvgIpc) is 2.81. The molecule has 0 saturated heterocycles. The van der Waals surface area contributed by atoms with Crippen LogP contribution in [0, 0.1) is 6.92 Å². The van der Waals surface area contributed by atoms with E-state index in [0.29, 0.717) is 28.5 Å². The Labute approximate surface area is 104 Å². The van der Waals surface area contributed by atoms with Gasteiger partial charge in [-0.1, -0.05) is 10.3 Å². The molecule has 0 bridgehead atoms. The number of benzene rings is 1. The Kier molecular flexibility index (Phi) is 3.78. The van der Waals surface area contributed by atoms with Gasteiger partial charge in [-0.25, -0.2) is 4.63 Å². The number of aryl methyl sites for hydroxylation is 1. The van der Waals surface area contributed by atoms with Crippen LogP contribution in [0.15, 0.2) is 22.8 Å². The Morgan fingerprint density at radius 1 is 1.33 bits per heavy atom. The zero-order chi connectivity index (χ0) is 13.0. The molecular formula is C12H14N2O4. The minimum absolute atomic E-state index is 0.102. The van der Waals surface area contributed by atoms with Gasteiger partial charge in [0.1, 0.15) is 29.5 Å². The Morgan fingerprint density at radius 3 is 2.78 bits per heavy atom. The number of aromatic nitrogens is 2. The van der Waals surface area contributed by atoms with E-state index in [4.69, 9.17) is 9.47 Å². The molecule has 0 unspecified atom stereocenters. The number of hydrogen-bond acceptors (Lipinski definition) is 6. The number of methoxy groups -OCH3 is 1. The summed E-state index contributed by atoms with van der Waals surface area (Å²) in [5.41, 5.74) is 2.00. The molecule has 6 nitrogen and oxygen atoms in total. The van der Waals surface area contributed by atoms with Crippen molar-refractivity contribution in [1.29, 1.82) is 0 Å². The molecule has 0 aliphatic carbocycles. The molecule has 1 aromatic carbocycles. The summed E-state index contributed by atoms with van der Waals surface area (Å²) >= 11 is 0. The van der Waals surface area contributed by atoms with Crippen LogP contribution in [-0.2, 0) is 13.2 Å². The fourth-order valence-corrected chi connectivity index (χ4v) is 1.45. The number of aliphatic hydroxyl groups excluding tert-OH is 1. The summed E-state index contributed by atoms with van der Waals surface area (Å²) in [6, 6.07) is 5.23. The van der Waals surface area contributed by atoms with Gasteiger partial charge in [0.05, 0.1) is 13.7 Å². The Morgan fingerprint density at radius 2 is 2.17 bits per heavy atom. The third kappa shape index (κ3) is 2.60. The number of rotatable bonds is 5. The van der Waals surface area contributed by atoms with E-state index in [9.17, 15) is 5.11 Å². The second-order valence-electron chi connectivity index (χ2n) is 3.72. The highest BCUT2D eigenvalue weighted by atomic mass is 16.6. The van der Waals surface area contributed by atoms with Crippen molar-refractivity contribution in [2.24, 2.45) is 0 Å². The van der Waals surface area contributed by atoms with E-state index in [2.05, 4.69) is 14.9 Å². The van der Waals surface area contributed by atoms with Gasteiger partial charge in [-0.3, -0.25) is 0 Å². The first kappa shape index (κ1) is 12.4. The Hall–Kier alpha value is -2.08. The van der Waals surface area contributed by atoms with E-state index >= 15 is 0 Å². The fraction of sp³-hybridized carbons (Fsp3) is 0.333. The van der Waals surface area contributed by atoms with Crippen molar-refractivity contribution in [2.75, 3.05) is 7.11 Å². The Bertz CT molecular complexity index is 525. The van der Waals surface area contributed by atoms with Crippen LogP contribution in [0.1, 0.15) is 17.0 Å². The fourth-order valence-electron chi connectivity index (χ4n) is 1.45. The molecule has 0 radical (unpaired) electrons. The molecule has 18 heavy (non-hydrogen) atoms. The van der Waals surface area contributed by atoms with Crippen LogP contribution in [0.3, 0.4) is 0 Å². The molecule has 1 aromatic heterocycles. The van der Waals surface area contributed by atoms with Crippen LogP contribution in [0.4, 0.5) is 0 Å². The van der Waals surface area contributed by atoms with Gasteiger partial charge < -0.3 is 14.6 Å². The topological polar surface area (TPSA) is 77.6 Å². The van der Waals surface area contributed by atoms with Crippen molar-refractivity contribution >= 4 is 0 Å². The summed E-state index contributed by atoms with van der Waals surface area (Å²) in [7, 11) is 1.57. The van der Waals surface area contributed by atoms with E-state index in [-0.39, 0.29) is 13.2 Å². The highest BCUT2D eigenvalue weighted by molar-refractivity contribution is 5.40. The standard InChI is InChI=1S/C12H14N2O4/c1-8-11(14-18-13-8)7-17-12-5-10(16-2)4-3-9(12)6-15/h3-5,15H,6-7H2,1-2H3. The van der Waals surface area contributed by atoms with Gasteiger partial charge in [-0.05, 0) is 19.1 Å². The predicted molar refractivity (Wildman–Crippen MR) is 62.3 cm³/mol. The average molecular weight is 250 g/mol. The molecule has 1 heterocycles. The van der Waals surface area contributed by atoms with Gasteiger partial charge in [0.15, 0.2) is 0 Å². The molecule has 0 aliphatic rings. The summed E-state index contributed by atoms with van der Waals surface area (Å²) in [6.07, 6.45) is 0. The van der Waals surface area contributed by atoms with Gasteiger partial charge in [-0.15, -0.1) is 0 Å². The number of nitrogens with zero attached hydrogens (tertiary/aromatic N) is 2. The van der Waals surface area contributed by atoms with Gasteiger partial charge in [-0.2, -0.15) is 0 Å². The normalized spacial score (nSPS) is 10.4. The predicted octanol–water partition coefficient (Wildman–Crippen LogP) is 1.46. The molecule has 2 aromatic rings. The number of aliphatic hydroxyl groups is 1. The zero-order valence-electron chi connectivity index (χ0n) is 10.2. The summed E-state index contributed by atoms with van der Waals surface area (Å²) in [4.78, 5) is 0. The molecule has 0 aliphatic heterocycles. The van der Waals surface area contributed by atoms with Crippen LogP contribution in [-0.4, -0.2) is 22.5 Å². The molecule has 1 N–H and O–H groups in total. The highest BCUT2D eigenvalue weighted by Crippen LogP contribution is 2.25. The van der Waals surface area contributed by atoms with E-state index in [1.54, 1.807) is 32.2 Å².